The molecule has 2 atom stereocenters. The Labute approximate surface area is 182 Å². The Kier molecular flexibility index (Phi) is 7.07. The summed E-state index contributed by atoms with van der Waals surface area (Å²) in [7, 11) is 0. The maximum absolute atomic E-state index is 14.3. The zero-order chi connectivity index (χ0) is 22.5. The van der Waals surface area contributed by atoms with E-state index in [1.54, 1.807) is 42.2 Å². The highest BCUT2D eigenvalue weighted by molar-refractivity contribution is 5.92. The fourth-order valence-corrected chi connectivity index (χ4v) is 3.76. The lowest BCUT2D eigenvalue weighted by Gasteiger charge is -2.40. The van der Waals surface area contributed by atoms with Gasteiger partial charge >= 0.3 is 0 Å². The van der Waals surface area contributed by atoms with E-state index < -0.39 is 12.0 Å². The molecule has 7 heteroatoms. The molecule has 2 aromatic carbocycles. The smallest absolute Gasteiger partial charge is 0.248 e. The summed E-state index contributed by atoms with van der Waals surface area (Å²) in [6.07, 6.45) is 0.909. The molecule has 2 amide bonds. The number of amides is 2. The topological polar surface area (TPSA) is 75.9 Å². The highest BCUT2D eigenvalue weighted by atomic mass is 19.1. The van der Waals surface area contributed by atoms with E-state index in [9.17, 15) is 14.0 Å². The van der Waals surface area contributed by atoms with E-state index >= 15 is 0 Å². The van der Waals surface area contributed by atoms with Crippen LogP contribution in [0.3, 0.4) is 0 Å². The van der Waals surface area contributed by atoms with Crippen LogP contribution in [0.2, 0.25) is 0 Å². The number of carbonyl (C=O) groups excluding carboxylic acids is 2. The number of benzene rings is 2. The molecule has 0 bridgehead atoms. The molecule has 1 aliphatic rings. The molecule has 164 valence electrons. The molecule has 0 spiro atoms. The molecular formula is C24H28FN3O3. The summed E-state index contributed by atoms with van der Waals surface area (Å²) in [6, 6.07) is 11.7. The average Bonchev–Trinajstić information content (AvgIpc) is 2.75. The first kappa shape index (κ1) is 22.5. The van der Waals surface area contributed by atoms with E-state index in [1.165, 1.54) is 12.1 Å². The normalized spacial score (nSPS) is 17.8. The van der Waals surface area contributed by atoms with Crippen molar-refractivity contribution < 1.29 is 18.7 Å². The Morgan fingerprint density at radius 2 is 1.97 bits per heavy atom. The zero-order valence-electron chi connectivity index (χ0n) is 17.9. The first-order chi connectivity index (χ1) is 14.8. The Hall–Kier alpha value is -3.19. The largest absolute Gasteiger partial charge is 0.484 e. The average molecular weight is 426 g/mol. The minimum Gasteiger partial charge on any atom is -0.484 e. The van der Waals surface area contributed by atoms with E-state index in [1.807, 2.05) is 13.0 Å². The maximum Gasteiger partial charge on any atom is 0.248 e. The lowest BCUT2D eigenvalue weighted by Crippen LogP contribution is -2.54. The highest BCUT2D eigenvalue weighted by Gasteiger charge is 2.28. The van der Waals surface area contributed by atoms with Crippen molar-refractivity contribution in [2.24, 2.45) is 5.73 Å². The second kappa shape index (κ2) is 9.75. The van der Waals surface area contributed by atoms with Gasteiger partial charge in [0.25, 0.3) is 0 Å². The fraction of sp³-hybridized carbons (Fsp3) is 0.333. The lowest BCUT2D eigenvalue weighted by molar-refractivity contribution is -0.130. The number of piperazine rings is 1. The van der Waals surface area contributed by atoms with Gasteiger partial charge in [0.15, 0.2) is 0 Å². The summed E-state index contributed by atoms with van der Waals surface area (Å²) in [6.45, 7) is 9.76. The number of nitrogens with zero attached hydrogens (tertiary/aromatic N) is 2. The third-order valence-electron chi connectivity index (χ3n) is 5.58. The number of ether oxygens (including phenoxy) is 1. The quantitative estimate of drug-likeness (QED) is 0.692. The van der Waals surface area contributed by atoms with Crippen LogP contribution in [-0.4, -0.2) is 53.8 Å². The van der Waals surface area contributed by atoms with Crippen LogP contribution in [0, 0.1) is 12.7 Å². The van der Waals surface area contributed by atoms with Gasteiger partial charge in [-0.2, -0.15) is 0 Å². The van der Waals surface area contributed by atoms with E-state index in [-0.39, 0.29) is 17.8 Å². The molecule has 1 fully saturated rings. The Balaban J connectivity index is 1.79. The van der Waals surface area contributed by atoms with Crippen molar-refractivity contribution in [3.05, 3.63) is 77.6 Å². The van der Waals surface area contributed by atoms with Crippen LogP contribution in [0.5, 0.6) is 5.75 Å². The molecule has 0 unspecified atom stereocenters. The molecule has 2 aromatic rings. The zero-order valence-corrected chi connectivity index (χ0v) is 17.9. The van der Waals surface area contributed by atoms with Gasteiger partial charge in [0.2, 0.25) is 11.8 Å². The number of primary amides is 1. The van der Waals surface area contributed by atoms with Crippen LogP contribution >= 0.6 is 0 Å². The highest BCUT2D eigenvalue weighted by Crippen LogP contribution is 2.26. The van der Waals surface area contributed by atoms with Gasteiger partial charge in [-0.05, 0) is 61.4 Å². The van der Waals surface area contributed by atoms with E-state index in [2.05, 4.69) is 11.5 Å². The van der Waals surface area contributed by atoms with Gasteiger partial charge < -0.3 is 15.4 Å². The van der Waals surface area contributed by atoms with Gasteiger partial charge in [-0.3, -0.25) is 14.5 Å². The lowest BCUT2D eigenvalue weighted by atomic mass is 10.0. The van der Waals surface area contributed by atoms with Crippen LogP contribution in [0.1, 0.15) is 34.5 Å². The Morgan fingerprint density at radius 3 is 2.55 bits per heavy atom. The SMILES string of the molecule is C=CC(=O)N1CCN(C[C@H](Oc2ccc(C(N)=O)cc2)c2ccc(C)c(F)c2)C[C@H]1C. The molecule has 0 saturated carbocycles. The molecule has 31 heavy (non-hydrogen) atoms. The van der Waals surface area contributed by atoms with Gasteiger partial charge in [-0.1, -0.05) is 18.7 Å². The predicted molar refractivity (Wildman–Crippen MR) is 117 cm³/mol. The van der Waals surface area contributed by atoms with Gasteiger partial charge in [0, 0.05) is 37.8 Å². The van der Waals surface area contributed by atoms with Crippen molar-refractivity contribution >= 4 is 11.8 Å². The standard InChI is InChI=1S/C24H28FN3O3/c1-4-23(29)28-12-11-27(14-17(28)3)15-22(19-6-5-16(2)21(25)13-19)31-20-9-7-18(8-10-20)24(26)30/h4-10,13,17,22H,1,11-12,14-15H2,2-3H3,(H2,26,30)/t17-,22+/m1/s1. The molecule has 1 aliphatic heterocycles. The summed E-state index contributed by atoms with van der Waals surface area (Å²) in [5.74, 6) is -0.311. The van der Waals surface area contributed by atoms with E-state index in [4.69, 9.17) is 10.5 Å². The number of nitrogens with two attached hydrogens (primary N) is 1. The minimum absolute atomic E-state index is 0.0319. The first-order valence-corrected chi connectivity index (χ1v) is 10.3. The van der Waals surface area contributed by atoms with Crippen molar-refractivity contribution in [2.75, 3.05) is 26.2 Å². The van der Waals surface area contributed by atoms with Crippen LogP contribution in [0.15, 0.2) is 55.1 Å². The van der Waals surface area contributed by atoms with Crippen molar-refractivity contribution in [2.45, 2.75) is 26.0 Å². The van der Waals surface area contributed by atoms with Gasteiger partial charge in [0.1, 0.15) is 17.7 Å². The predicted octanol–water partition coefficient (Wildman–Crippen LogP) is 3.07. The van der Waals surface area contributed by atoms with Gasteiger partial charge in [0.05, 0.1) is 0 Å². The summed E-state index contributed by atoms with van der Waals surface area (Å²) >= 11 is 0. The van der Waals surface area contributed by atoms with Crippen molar-refractivity contribution in [3.8, 4) is 5.75 Å². The van der Waals surface area contributed by atoms with Crippen LogP contribution in [0.4, 0.5) is 4.39 Å². The van der Waals surface area contributed by atoms with Crippen LogP contribution in [0.25, 0.3) is 0 Å². The molecule has 3 rings (SSSR count). The fourth-order valence-electron chi connectivity index (χ4n) is 3.76. The number of halogens is 1. The molecule has 2 N–H and O–H groups in total. The summed E-state index contributed by atoms with van der Waals surface area (Å²) in [5.41, 5.74) is 6.98. The second-order valence-corrected chi connectivity index (χ2v) is 7.85. The van der Waals surface area contributed by atoms with Crippen LogP contribution in [-0.2, 0) is 4.79 Å². The number of carbonyl (C=O) groups is 2. The monoisotopic (exact) mass is 425 g/mol. The third-order valence-corrected chi connectivity index (χ3v) is 5.58. The number of hydrogen-bond donors (Lipinski definition) is 1. The van der Waals surface area contributed by atoms with Crippen molar-refractivity contribution in [1.29, 1.82) is 0 Å². The molecule has 0 aliphatic carbocycles. The number of aryl methyl sites for hydroxylation is 1. The van der Waals surface area contributed by atoms with E-state index in [0.29, 0.717) is 43.1 Å². The van der Waals surface area contributed by atoms with E-state index in [0.717, 1.165) is 5.56 Å². The summed E-state index contributed by atoms with van der Waals surface area (Å²) < 4.78 is 20.5. The summed E-state index contributed by atoms with van der Waals surface area (Å²) in [5, 5.41) is 0. The first-order valence-electron chi connectivity index (χ1n) is 10.3. The molecule has 0 radical (unpaired) electrons. The molecule has 6 nitrogen and oxygen atoms in total. The van der Waals surface area contributed by atoms with Gasteiger partial charge in [-0.15, -0.1) is 0 Å². The molecule has 1 heterocycles. The minimum atomic E-state index is -0.510. The Morgan fingerprint density at radius 1 is 1.26 bits per heavy atom. The molecule has 0 aromatic heterocycles. The number of hydrogen-bond acceptors (Lipinski definition) is 4. The molecular weight excluding hydrogens is 397 g/mol. The van der Waals surface area contributed by atoms with Crippen molar-refractivity contribution in [1.82, 2.24) is 9.80 Å². The summed E-state index contributed by atoms with van der Waals surface area (Å²) in [4.78, 5) is 27.3. The third kappa shape index (κ3) is 5.49. The molecule has 1 saturated heterocycles. The maximum atomic E-state index is 14.3. The van der Waals surface area contributed by atoms with Crippen LogP contribution < -0.4 is 10.5 Å². The van der Waals surface area contributed by atoms with Gasteiger partial charge in [-0.25, -0.2) is 4.39 Å². The number of rotatable bonds is 7. The Bertz CT molecular complexity index is 961. The van der Waals surface area contributed by atoms with Crippen molar-refractivity contribution in [3.63, 3.8) is 0 Å². The second-order valence-electron chi connectivity index (χ2n) is 7.85.